The van der Waals surface area contributed by atoms with Crippen LogP contribution in [0.25, 0.3) is 0 Å². The largest absolute Gasteiger partial charge is 0.303 e. The summed E-state index contributed by atoms with van der Waals surface area (Å²) < 4.78 is 26.5. The molecule has 102 valence electrons. The SMILES string of the molecule is CCNC(C)(c1ccc(C(C)(C)C)cc1)C(F)F. The van der Waals surface area contributed by atoms with Gasteiger partial charge in [-0.2, -0.15) is 0 Å². The van der Waals surface area contributed by atoms with Crippen LogP contribution in [0.1, 0.15) is 45.7 Å². The number of hydrogen-bond donors (Lipinski definition) is 1. The number of alkyl halides is 2. The zero-order valence-corrected chi connectivity index (χ0v) is 11.8. The van der Waals surface area contributed by atoms with Gasteiger partial charge in [0.15, 0.2) is 0 Å². The van der Waals surface area contributed by atoms with E-state index >= 15 is 0 Å². The Kier molecular flexibility index (Phi) is 4.49. The molecule has 1 N–H and O–H groups in total. The minimum Gasteiger partial charge on any atom is -0.303 e. The van der Waals surface area contributed by atoms with Crippen LogP contribution in [0.2, 0.25) is 0 Å². The van der Waals surface area contributed by atoms with Crippen LogP contribution < -0.4 is 5.32 Å². The minimum atomic E-state index is -2.43. The molecule has 18 heavy (non-hydrogen) atoms. The number of nitrogens with one attached hydrogen (secondary N) is 1. The van der Waals surface area contributed by atoms with Crippen LogP contribution in [-0.4, -0.2) is 13.0 Å². The van der Waals surface area contributed by atoms with E-state index in [1.165, 1.54) is 0 Å². The first-order valence-electron chi connectivity index (χ1n) is 6.36. The predicted molar refractivity (Wildman–Crippen MR) is 72.2 cm³/mol. The van der Waals surface area contributed by atoms with Gasteiger partial charge in [0.25, 0.3) is 6.43 Å². The first-order chi connectivity index (χ1) is 8.21. The fourth-order valence-corrected chi connectivity index (χ4v) is 1.99. The molecule has 3 heteroatoms. The lowest BCUT2D eigenvalue weighted by Crippen LogP contribution is -2.45. The zero-order chi connectivity index (χ0) is 14.0. The predicted octanol–water partition coefficient (Wildman–Crippen LogP) is 4.07. The summed E-state index contributed by atoms with van der Waals surface area (Å²) in [5.74, 6) is 0. The Hall–Kier alpha value is -0.960. The van der Waals surface area contributed by atoms with Gasteiger partial charge in [-0.15, -0.1) is 0 Å². The Balaban J connectivity index is 3.09. The Bertz CT molecular complexity index is 378. The third-order valence-electron chi connectivity index (χ3n) is 3.33. The van der Waals surface area contributed by atoms with Crippen molar-refractivity contribution in [3.63, 3.8) is 0 Å². The second kappa shape index (κ2) is 5.35. The van der Waals surface area contributed by atoms with E-state index in [9.17, 15) is 8.78 Å². The van der Waals surface area contributed by atoms with E-state index in [-0.39, 0.29) is 5.41 Å². The molecule has 1 aromatic rings. The molecule has 0 aliphatic heterocycles. The Morgan fingerprint density at radius 3 is 1.78 bits per heavy atom. The van der Waals surface area contributed by atoms with Gasteiger partial charge < -0.3 is 5.32 Å². The van der Waals surface area contributed by atoms with Crippen LogP contribution >= 0.6 is 0 Å². The number of halogens is 2. The van der Waals surface area contributed by atoms with Gasteiger partial charge in [0.1, 0.15) is 5.54 Å². The molecule has 1 nitrogen and oxygen atoms in total. The summed E-state index contributed by atoms with van der Waals surface area (Å²) >= 11 is 0. The number of hydrogen-bond acceptors (Lipinski definition) is 1. The van der Waals surface area contributed by atoms with Gasteiger partial charge in [-0.05, 0) is 30.0 Å². The van der Waals surface area contributed by atoms with Crippen molar-refractivity contribution in [2.75, 3.05) is 6.54 Å². The standard InChI is InChI=1S/C15H23F2N/c1-6-18-15(5,13(16)17)12-9-7-11(8-10-12)14(2,3)4/h7-10,13,18H,6H2,1-5H3. The van der Waals surface area contributed by atoms with Crippen LogP contribution in [0.4, 0.5) is 8.78 Å². The molecule has 0 amide bonds. The molecule has 0 fully saturated rings. The highest BCUT2D eigenvalue weighted by atomic mass is 19.3. The molecule has 0 spiro atoms. The lowest BCUT2D eigenvalue weighted by molar-refractivity contribution is 0.0394. The topological polar surface area (TPSA) is 12.0 Å². The highest BCUT2D eigenvalue weighted by molar-refractivity contribution is 5.32. The van der Waals surface area contributed by atoms with Crippen molar-refractivity contribution in [1.82, 2.24) is 5.32 Å². The van der Waals surface area contributed by atoms with E-state index in [1.54, 1.807) is 19.1 Å². The van der Waals surface area contributed by atoms with Crippen LogP contribution in [-0.2, 0) is 11.0 Å². The van der Waals surface area contributed by atoms with Crippen LogP contribution in [0.15, 0.2) is 24.3 Å². The fourth-order valence-electron chi connectivity index (χ4n) is 1.99. The summed E-state index contributed by atoms with van der Waals surface area (Å²) in [6.45, 7) is 10.2. The summed E-state index contributed by atoms with van der Waals surface area (Å²) in [6, 6.07) is 7.48. The van der Waals surface area contributed by atoms with Gasteiger partial charge in [0.2, 0.25) is 0 Å². The van der Waals surface area contributed by atoms with Gasteiger partial charge in [-0.3, -0.25) is 0 Å². The summed E-state index contributed by atoms with van der Waals surface area (Å²) in [6.07, 6.45) is -2.43. The average Bonchev–Trinajstić information content (AvgIpc) is 2.28. The maximum absolute atomic E-state index is 13.2. The van der Waals surface area contributed by atoms with Crippen LogP contribution in [0, 0.1) is 0 Å². The Morgan fingerprint density at radius 2 is 1.44 bits per heavy atom. The van der Waals surface area contributed by atoms with Gasteiger partial charge in [-0.25, -0.2) is 8.78 Å². The van der Waals surface area contributed by atoms with E-state index < -0.39 is 12.0 Å². The highest BCUT2D eigenvalue weighted by Crippen LogP contribution is 2.30. The molecule has 0 saturated heterocycles. The van der Waals surface area contributed by atoms with Crippen molar-refractivity contribution in [2.45, 2.75) is 52.0 Å². The van der Waals surface area contributed by atoms with E-state index in [1.807, 2.05) is 19.1 Å². The summed E-state index contributed by atoms with van der Waals surface area (Å²) in [5, 5.41) is 2.88. The minimum absolute atomic E-state index is 0.0396. The van der Waals surface area contributed by atoms with Crippen molar-refractivity contribution < 1.29 is 8.78 Å². The molecular formula is C15H23F2N. The maximum atomic E-state index is 13.2. The quantitative estimate of drug-likeness (QED) is 0.855. The Morgan fingerprint density at radius 1 is 1.00 bits per heavy atom. The number of rotatable bonds is 4. The molecule has 1 unspecified atom stereocenters. The molecule has 0 bridgehead atoms. The first-order valence-corrected chi connectivity index (χ1v) is 6.36. The van der Waals surface area contributed by atoms with Crippen LogP contribution in [0.5, 0.6) is 0 Å². The van der Waals surface area contributed by atoms with Gasteiger partial charge in [-0.1, -0.05) is 52.0 Å². The van der Waals surface area contributed by atoms with E-state index in [2.05, 4.69) is 26.1 Å². The molecule has 0 saturated carbocycles. The molecule has 0 aliphatic carbocycles. The second-order valence-electron chi connectivity index (χ2n) is 5.86. The normalized spacial score (nSPS) is 15.8. The lowest BCUT2D eigenvalue weighted by Gasteiger charge is -2.31. The second-order valence-corrected chi connectivity index (χ2v) is 5.86. The number of benzene rings is 1. The van der Waals surface area contributed by atoms with Crippen LogP contribution in [0.3, 0.4) is 0 Å². The zero-order valence-electron chi connectivity index (χ0n) is 11.8. The average molecular weight is 255 g/mol. The van der Waals surface area contributed by atoms with Crippen molar-refractivity contribution in [1.29, 1.82) is 0 Å². The molecule has 0 radical (unpaired) electrons. The third-order valence-corrected chi connectivity index (χ3v) is 3.33. The van der Waals surface area contributed by atoms with Crippen molar-refractivity contribution in [3.8, 4) is 0 Å². The monoisotopic (exact) mass is 255 g/mol. The van der Waals surface area contributed by atoms with Gasteiger partial charge >= 0.3 is 0 Å². The molecule has 0 aromatic heterocycles. The fraction of sp³-hybridized carbons (Fsp3) is 0.600. The third kappa shape index (κ3) is 3.08. The molecular weight excluding hydrogens is 232 g/mol. The summed E-state index contributed by atoms with van der Waals surface area (Å²) in [7, 11) is 0. The smallest absolute Gasteiger partial charge is 0.260 e. The highest BCUT2D eigenvalue weighted by Gasteiger charge is 2.35. The van der Waals surface area contributed by atoms with E-state index in [4.69, 9.17) is 0 Å². The summed E-state index contributed by atoms with van der Waals surface area (Å²) in [4.78, 5) is 0. The molecule has 1 aromatic carbocycles. The lowest BCUT2D eigenvalue weighted by atomic mass is 9.84. The van der Waals surface area contributed by atoms with Gasteiger partial charge in [0.05, 0.1) is 0 Å². The van der Waals surface area contributed by atoms with E-state index in [0.29, 0.717) is 12.1 Å². The van der Waals surface area contributed by atoms with Gasteiger partial charge in [0, 0.05) is 0 Å². The van der Waals surface area contributed by atoms with Crippen molar-refractivity contribution in [3.05, 3.63) is 35.4 Å². The van der Waals surface area contributed by atoms with E-state index in [0.717, 1.165) is 5.56 Å². The first kappa shape index (κ1) is 15.1. The van der Waals surface area contributed by atoms with Crippen molar-refractivity contribution in [2.24, 2.45) is 0 Å². The maximum Gasteiger partial charge on any atom is 0.260 e. The molecule has 0 aliphatic rings. The van der Waals surface area contributed by atoms with Crippen molar-refractivity contribution >= 4 is 0 Å². The Labute approximate surface area is 109 Å². The molecule has 0 heterocycles. The molecule has 1 rings (SSSR count). The summed E-state index contributed by atoms with van der Waals surface area (Å²) in [5.41, 5.74) is 0.551. The molecule has 1 atom stereocenters.